The van der Waals surface area contributed by atoms with Gasteiger partial charge in [-0.05, 0) is 43.3 Å². The molecular weight excluding hydrogens is 382 g/mol. The molecule has 0 fully saturated rings. The molecule has 7 nitrogen and oxygen atoms in total. The largest absolute Gasteiger partial charge is 0.495 e. The molecule has 4 N–H and O–H groups in total. The zero-order chi connectivity index (χ0) is 21.3. The minimum absolute atomic E-state index is 0.242. The topological polar surface area (TPSA) is 107 Å². The fraction of sp³-hybridized carbons (Fsp3) is 0.130. The molecule has 0 radical (unpaired) electrons. The lowest BCUT2D eigenvalue weighted by Crippen LogP contribution is -2.32. The summed E-state index contributed by atoms with van der Waals surface area (Å²) in [6, 6.07) is 17.3. The molecule has 0 aliphatic heterocycles. The van der Waals surface area contributed by atoms with Gasteiger partial charge in [0.15, 0.2) is 0 Å². The number of para-hydroxylation sites is 1. The first-order valence-electron chi connectivity index (χ1n) is 9.43. The Morgan fingerprint density at radius 3 is 2.43 bits per heavy atom. The predicted octanol–water partition coefficient (Wildman–Crippen LogP) is 4.13. The van der Waals surface area contributed by atoms with Crippen LogP contribution in [0.25, 0.3) is 21.9 Å². The zero-order valence-corrected chi connectivity index (χ0v) is 16.6. The standard InChI is InChI=1S/C23H21N3O4/c1-13(23(28)26-15-9-7-14(8-10-15)22(24)27)25-18-12-20-17(11-21(18)29-2)16-5-3-4-6-19(16)30-20/h3-13,25H,1-2H3,(H2,24,27)(H,26,28)/t13-/m0/s1. The van der Waals surface area contributed by atoms with Crippen molar-refractivity contribution in [1.82, 2.24) is 0 Å². The summed E-state index contributed by atoms with van der Waals surface area (Å²) in [5.41, 5.74) is 8.32. The van der Waals surface area contributed by atoms with E-state index in [2.05, 4.69) is 10.6 Å². The maximum Gasteiger partial charge on any atom is 0.248 e. The molecule has 152 valence electrons. The highest BCUT2D eigenvalue weighted by molar-refractivity contribution is 6.07. The predicted molar refractivity (Wildman–Crippen MR) is 117 cm³/mol. The Morgan fingerprint density at radius 1 is 1.00 bits per heavy atom. The maximum absolute atomic E-state index is 12.6. The average molecular weight is 403 g/mol. The molecule has 0 saturated carbocycles. The zero-order valence-electron chi connectivity index (χ0n) is 16.6. The van der Waals surface area contributed by atoms with Crippen LogP contribution in [0.15, 0.2) is 65.1 Å². The van der Waals surface area contributed by atoms with Crippen molar-refractivity contribution in [3.05, 3.63) is 66.2 Å². The second-order valence-electron chi connectivity index (χ2n) is 6.94. The SMILES string of the molecule is COc1cc2c(cc1N[C@@H](C)C(=O)Nc1ccc(C(N)=O)cc1)oc1ccccc12. The number of primary amides is 1. The summed E-state index contributed by atoms with van der Waals surface area (Å²) >= 11 is 0. The highest BCUT2D eigenvalue weighted by Gasteiger charge is 2.18. The smallest absolute Gasteiger partial charge is 0.248 e. The lowest BCUT2D eigenvalue weighted by Gasteiger charge is -2.17. The third kappa shape index (κ3) is 3.65. The molecule has 0 unspecified atom stereocenters. The first-order valence-corrected chi connectivity index (χ1v) is 9.43. The number of rotatable bonds is 6. The van der Waals surface area contributed by atoms with Gasteiger partial charge in [0.05, 0.1) is 12.8 Å². The minimum Gasteiger partial charge on any atom is -0.495 e. The Labute approximate surface area is 172 Å². The number of hydrogen-bond donors (Lipinski definition) is 3. The summed E-state index contributed by atoms with van der Waals surface area (Å²) in [5.74, 6) is -0.149. The average Bonchev–Trinajstić information content (AvgIpc) is 3.10. The van der Waals surface area contributed by atoms with Gasteiger partial charge >= 0.3 is 0 Å². The molecule has 0 aliphatic carbocycles. The molecule has 30 heavy (non-hydrogen) atoms. The molecule has 2 amide bonds. The number of ether oxygens (including phenoxy) is 1. The van der Waals surface area contributed by atoms with Gasteiger partial charge in [-0.3, -0.25) is 9.59 Å². The number of carbonyl (C=O) groups excluding carboxylic acids is 2. The molecule has 4 aromatic rings. The van der Waals surface area contributed by atoms with Crippen LogP contribution in [-0.4, -0.2) is 25.0 Å². The number of nitrogens with two attached hydrogens (primary N) is 1. The minimum atomic E-state index is -0.559. The van der Waals surface area contributed by atoms with E-state index in [1.54, 1.807) is 38.3 Å². The van der Waals surface area contributed by atoms with Gasteiger partial charge in [0.2, 0.25) is 11.8 Å². The highest BCUT2D eigenvalue weighted by atomic mass is 16.5. The first kappa shape index (κ1) is 19.3. The van der Waals surface area contributed by atoms with Crippen molar-refractivity contribution in [3.63, 3.8) is 0 Å². The van der Waals surface area contributed by atoms with E-state index in [9.17, 15) is 9.59 Å². The van der Waals surface area contributed by atoms with E-state index in [-0.39, 0.29) is 5.91 Å². The fourth-order valence-corrected chi connectivity index (χ4v) is 3.30. The number of furan rings is 1. The number of anilines is 2. The summed E-state index contributed by atoms with van der Waals surface area (Å²) < 4.78 is 11.5. The van der Waals surface area contributed by atoms with Crippen LogP contribution in [0.1, 0.15) is 17.3 Å². The van der Waals surface area contributed by atoms with Gasteiger partial charge < -0.3 is 25.5 Å². The lowest BCUT2D eigenvalue weighted by atomic mass is 10.1. The van der Waals surface area contributed by atoms with E-state index in [0.29, 0.717) is 28.3 Å². The van der Waals surface area contributed by atoms with E-state index in [4.69, 9.17) is 14.9 Å². The van der Waals surface area contributed by atoms with Crippen molar-refractivity contribution >= 4 is 45.1 Å². The molecule has 0 saturated heterocycles. The van der Waals surface area contributed by atoms with Crippen LogP contribution in [0.3, 0.4) is 0 Å². The van der Waals surface area contributed by atoms with Crippen molar-refractivity contribution in [2.24, 2.45) is 5.73 Å². The first-order chi connectivity index (χ1) is 14.5. The van der Waals surface area contributed by atoms with Crippen LogP contribution in [0.5, 0.6) is 5.75 Å². The Bertz CT molecular complexity index is 1240. The summed E-state index contributed by atoms with van der Waals surface area (Å²) in [5, 5.41) is 7.93. The normalized spacial score (nSPS) is 11.9. The second-order valence-corrected chi connectivity index (χ2v) is 6.94. The maximum atomic E-state index is 12.6. The Morgan fingerprint density at radius 2 is 1.73 bits per heavy atom. The van der Waals surface area contributed by atoms with Crippen molar-refractivity contribution in [2.45, 2.75) is 13.0 Å². The van der Waals surface area contributed by atoms with Crippen molar-refractivity contribution in [3.8, 4) is 5.75 Å². The Kier molecular flexibility index (Phi) is 5.02. The van der Waals surface area contributed by atoms with Crippen LogP contribution in [-0.2, 0) is 4.79 Å². The third-order valence-electron chi connectivity index (χ3n) is 4.90. The lowest BCUT2D eigenvalue weighted by molar-refractivity contribution is -0.116. The number of nitrogens with one attached hydrogen (secondary N) is 2. The number of benzene rings is 3. The molecule has 1 aromatic heterocycles. The molecule has 0 bridgehead atoms. The van der Waals surface area contributed by atoms with Crippen molar-refractivity contribution < 1.29 is 18.7 Å². The van der Waals surface area contributed by atoms with E-state index in [1.807, 2.05) is 36.4 Å². The number of hydrogen-bond acceptors (Lipinski definition) is 5. The van der Waals surface area contributed by atoms with Crippen LogP contribution in [0.4, 0.5) is 11.4 Å². The van der Waals surface area contributed by atoms with Gasteiger partial charge in [0.1, 0.15) is 23.0 Å². The van der Waals surface area contributed by atoms with E-state index in [0.717, 1.165) is 16.4 Å². The number of fused-ring (bicyclic) bond motifs is 3. The molecule has 0 aliphatic rings. The molecule has 1 atom stereocenters. The fourth-order valence-electron chi connectivity index (χ4n) is 3.30. The van der Waals surface area contributed by atoms with E-state index >= 15 is 0 Å². The van der Waals surface area contributed by atoms with Crippen molar-refractivity contribution in [1.29, 1.82) is 0 Å². The molecular formula is C23H21N3O4. The molecule has 4 rings (SSSR count). The van der Waals surface area contributed by atoms with Crippen LogP contribution in [0, 0.1) is 0 Å². The number of amides is 2. The van der Waals surface area contributed by atoms with Gasteiger partial charge in [-0.15, -0.1) is 0 Å². The van der Waals surface area contributed by atoms with Crippen LogP contribution < -0.4 is 21.1 Å². The van der Waals surface area contributed by atoms with Crippen LogP contribution in [0.2, 0.25) is 0 Å². The van der Waals surface area contributed by atoms with Gasteiger partial charge in [-0.25, -0.2) is 0 Å². The monoisotopic (exact) mass is 403 g/mol. The summed E-state index contributed by atoms with van der Waals surface area (Å²) in [6.45, 7) is 1.75. The summed E-state index contributed by atoms with van der Waals surface area (Å²) in [4.78, 5) is 23.8. The Hall–Kier alpha value is -4.00. The molecule has 3 aromatic carbocycles. The quantitative estimate of drug-likeness (QED) is 0.449. The van der Waals surface area contributed by atoms with Gasteiger partial charge in [-0.2, -0.15) is 0 Å². The number of carbonyl (C=O) groups is 2. The third-order valence-corrected chi connectivity index (χ3v) is 4.90. The van der Waals surface area contributed by atoms with Gasteiger partial charge in [0, 0.05) is 28.1 Å². The van der Waals surface area contributed by atoms with Gasteiger partial charge in [-0.1, -0.05) is 18.2 Å². The summed E-state index contributed by atoms with van der Waals surface area (Å²) in [6.07, 6.45) is 0. The van der Waals surface area contributed by atoms with Crippen molar-refractivity contribution in [2.75, 3.05) is 17.7 Å². The molecule has 0 spiro atoms. The second kappa shape index (κ2) is 7.79. The van der Waals surface area contributed by atoms with E-state index < -0.39 is 11.9 Å². The van der Waals surface area contributed by atoms with Crippen LogP contribution >= 0.6 is 0 Å². The number of methoxy groups -OCH3 is 1. The van der Waals surface area contributed by atoms with E-state index in [1.165, 1.54) is 0 Å². The highest BCUT2D eigenvalue weighted by Crippen LogP contribution is 2.36. The Balaban J connectivity index is 1.55. The summed E-state index contributed by atoms with van der Waals surface area (Å²) in [7, 11) is 1.58. The van der Waals surface area contributed by atoms with Gasteiger partial charge in [0.25, 0.3) is 0 Å². The molecule has 1 heterocycles. The molecule has 7 heteroatoms.